The third-order valence-corrected chi connectivity index (χ3v) is 6.70. The third-order valence-electron chi connectivity index (χ3n) is 6.70. The number of carbonyl (C=O) groups is 1. The van der Waals surface area contributed by atoms with E-state index < -0.39 is 23.3 Å². The fourth-order valence-electron chi connectivity index (χ4n) is 4.58. The number of aromatic nitrogens is 4. The number of nitrogens with two attached hydrogens (primary N) is 1. The quantitative estimate of drug-likeness (QED) is 0.235. The molecule has 2 N–H and O–H groups in total. The molecular weight excluding hydrogens is 543 g/mol. The van der Waals surface area contributed by atoms with Crippen LogP contribution in [-0.2, 0) is 11.6 Å². The highest BCUT2D eigenvalue weighted by Crippen LogP contribution is 2.41. The summed E-state index contributed by atoms with van der Waals surface area (Å²) in [5, 5.41) is 4.79. The van der Waals surface area contributed by atoms with Gasteiger partial charge in [-0.2, -0.15) is 18.3 Å². The summed E-state index contributed by atoms with van der Waals surface area (Å²) in [5.74, 6) is -1.72. The predicted octanol–water partition coefficient (Wildman–Crippen LogP) is 7.09. The number of nitrogens with zero attached hydrogens (tertiary/aromatic N) is 4. The van der Waals surface area contributed by atoms with Crippen molar-refractivity contribution in [2.45, 2.75) is 32.4 Å². The number of methoxy groups -OCH3 is 1. The number of hydrogen-bond acceptors (Lipinski definition) is 5. The zero-order chi connectivity index (χ0) is 30.2. The molecule has 7 nitrogen and oxygen atoms in total. The Bertz CT molecular complexity index is 1760. The van der Waals surface area contributed by atoms with Crippen LogP contribution in [0.15, 0.2) is 84.9 Å². The van der Waals surface area contributed by atoms with E-state index in [1.54, 1.807) is 72.8 Å². The van der Waals surface area contributed by atoms with E-state index >= 15 is 0 Å². The lowest BCUT2D eigenvalue weighted by atomic mass is 9.91. The van der Waals surface area contributed by atoms with Crippen LogP contribution in [0.4, 0.5) is 13.2 Å². The Morgan fingerprint density at radius 2 is 1.48 bits per heavy atom. The Labute approximate surface area is 240 Å². The zero-order valence-electron chi connectivity index (χ0n) is 23.4. The molecule has 0 aliphatic carbocycles. The summed E-state index contributed by atoms with van der Waals surface area (Å²) < 4.78 is 49.9. The van der Waals surface area contributed by atoms with Crippen molar-refractivity contribution >= 4 is 5.91 Å². The normalized spacial score (nSPS) is 11.9. The maximum atomic E-state index is 14.4. The van der Waals surface area contributed by atoms with Gasteiger partial charge in [-0.1, -0.05) is 81.4 Å². The summed E-state index contributed by atoms with van der Waals surface area (Å²) >= 11 is 0. The second kappa shape index (κ2) is 10.8. The molecule has 42 heavy (non-hydrogen) atoms. The molecule has 3 aromatic carbocycles. The molecule has 10 heteroatoms. The fourth-order valence-corrected chi connectivity index (χ4v) is 4.58. The number of rotatable bonds is 6. The minimum atomic E-state index is -4.86. The number of hydrogen-bond donors (Lipinski definition) is 1. The molecule has 0 saturated carbocycles. The number of amides is 1. The van der Waals surface area contributed by atoms with Crippen LogP contribution < -0.4 is 10.5 Å². The van der Waals surface area contributed by atoms with Crippen molar-refractivity contribution in [2.75, 3.05) is 7.11 Å². The molecule has 2 heterocycles. The van der Waals surface area contributed by atoms with E-state index in [9.17, 15) is 18.0 Å². The third kappa shape index (κ3) is 5.47. The van der Waals surface area contributed by atoms with Crippen molar-refractivity contribution in [2.24, 2.45) is 5.73 Å². The number of ether oxygens (including phenoxy) is 1. The maximum Gasteiger partial charge on any atom is 0.451 e. The number of primary amides is 1. The standard InChI is InChI=1S/C32H28F3N5O2/c1-31(2,3)25-18-24(23-17-21(42-4)15-16-22(23)28(36)41)40(39-25)29-26(19-11-7-5-8-12-19)27(20-13-9-6-10-14-20)37-30(38-29)32(33,34)35/h5-18H,1-4H3,(H2,36,41). The minimum Gasteiger partial charge on any atom is -0.497 e. The molecule has 0 bridgehead atoms. The van der Waals surface area contributed by atoms with Crippen LogP contribution in [0.1, 0.15) is 42.6 Å². The lowest BCUT2D eigenvalue weighted by Gasteiger charge is -2.19. The average molecular weight is 572 g/mol. The SMILES string of the molecule is COc1ccc(C(N)=O)c(-c2cc(C(C)(C)C)nn2-c2nc(C(F)(F)F)nc(-c3ccccc3)c2-c2ccccc2)c1. The van der Waals surface area contributed by atoms with E-state index in [1.807, 2.05) is 26.8 Å². The second-order valence-electron chi connectivity index (χ2n) is 10.7. The average Bonchev–Trinajstić information content (AvgIpc) is 3.43. The Morgan fingerprint density at radius 3 is 2.02 bits per heavy atom. The van der Waals surface area contributed by atoms with Gasteiger partial charge in [0.05, 0.1) is 29.8 Å². The van der Waals surface area contributed by atoms with Crippen molar-refractivity contribution < 1.29 is 22.7 Å². The maximum absolute atomic E-state index is 14.4. The molecule has 214 valence electrons. The lowest BCUT2D eigenvalue weighted by molar-refractivity contribution is -0.144. The van der Waals surface area contributed by atoms with Gasteiger partial charge in [0.15, 0.2) is 5.82 Å². The van der Waals surface area contributed by atoms with E-state index in [1.165, 1.54) is 17.9 Å². The smallest absolute Gasteiger partial charge is 0.451 e. The van der Waals surface area contributed by atoms with Crippen LogP contribution in [0.2, 0.25) is 0 Å². The summed E-state index contributed by atoms with van der Waals surface area (Å²) in [6.07, 6.45) is -4.86. The highest BCUT2D eigenvalue weighted by Gasteiger charge is 2.38. The Balaban J connectivity index is 1.97. The van der Waals surface area contributed by atoms with Crippen molar-refractivity contribution in [1.82, 2.24) is 19.7 Å². The van der Waals surface area contributed by atoms with E-state index in [0.717, 1.165) is 0 Å². The number of alkyl halides is 3. The fraction of sp³-hybridized carbons (Fsp3) is 0.188. The van der Waals surface area contributed by atoms with Gasteiger partial charge in [0, 0.05) is 22.1 Å². The first-order valence-electron chi connectivity index (χ1n) is 13.1. The molecule has 0 spiro atoms. The molecule has 0 aliphatic rings. The first kappa shape index (κ1) is 28.5. The van der Waals surface area contributed by atoms with Gasteiger partial charge in [0.2, 0.25) is 11.7 Å². The molecule has 5 rings (SSSR count). The van der Waals surface area contributed by atoms with Gasteiger partial charge in [-0.05, 0) is 29.8 Å². The summed E-state index contributed by atoms with van der Waals surface area (Å²) in [7, 11) is 1.47. The summed E-state index contributed by atoms with van der Waals surface area (Å²) in [5.41, 5.74) is 8.05. The van der Waals surface area contributed by atoms with E-state index in [0.29, 0.717) is 39.4 Å². The van der Waals surface area contributed by atoms with Crippen molar-refractivity contribution in [3.63, 3.8) is 0 Å². The molecule has 0 aliphatic heterocycles. The van der Waals surface area contributed by atoms with Gasteiger partial charge >= 0.3 is 6.18 Å². The lowest BCUT2D eigenvalue weighted by Crippen LogP contribution is -2.18. The molecule has 0 saturated heterocycles. The second-order valence-corrected chi connectivity index (χ2v) is 10.7. The Morgan fingerprint density at radius 1 is 0.857 bits per heavy atom. The molecule has 0 unspecified atom stereocenters. The topological polar surface area (TPSA) is 95.9 Å². The van der Waals surface area contributed by atoms with E-state index in [2.05, 4.69) is 9.97 Å². The van der Waals surface area contributed by atoms with Crippen LogP contribution in [0.5, 0.6) is 5.75 Å². The van der Waals surface area contributed by atoms with Crippen LogP contribution in [0, 0.1) is 0 Å². The molecule has 1 amide bonds. The summed E-state index contributed by atoms with van der Waals surface area (Å²) in [6.45, 7) is 5.79. The largest absolute Gasteiger partial charge is 0.497 e. The molecule has 0 fully saturated rings. The van der Waals surface area contributed by atoms with Gasteiger partial charge in [0.1, 0.15) is 5.75 Å². The zero-order valence-corrected chi connectivity index (χ0v) is 23.4. The minimum absolute atomic E-state index is 0.0821. The van der Waals surface area contributed by atoms with E-state index in [-0.39, 0.29) is 17.1 Å². The van der Waals surface area contributed by atoms with Gasteiger partial charge in [-0.3, -0.25) is 4.79 Å². The highest BCUT2D eigenvalue weighted by atomic mass is 19.4. The molecular formula is C32H28F3N5O2. The Hall–Kier alpha value is -4.99. The molecule has 0 radical (unpaired) electrons. The van der Waals surface area contributed by atoms with Gasteiger partial charge in [0.25, 0.3) is 0 Å². The Kier molecular flexibility index (Phi) is 7.32. The number of carbonyl (C=O) groups excluding carboxylic acids is 1. The van der Waals surface area contributed by atoms with Crippen molar-refractivity contribution in [3.05, 3.63) is 102 Å². The predicted molar refractivity (Wildman–Crippen MR) is 154 cm³/mol. The van der Waals surface area contributed by atoms with Gasteiger partial charge < -0.3 is 10.5 Å². The van der Waals surface area contributed by atoms with Crippen LogP contribution in [-0.4, -0.2) is 32.8 Å². The van der Waals surface area contributed by atoms with Gasteiger partial charge in [-0.25, -0.2) is 14.6 Å². The van der Waals surface area contributed by atoms with Crippen molar-refractivity contribution in [3.8, 4) is 45.2 Å². The summed E-state index contributed by atoms with van der Waals surface area (Å²) in [4.78, 5) is 20.7. The monoisotopic (exact) mass is 571 g/mol. The van der Waals surface area contributed by atoms with E-state index in [4.69, 9.17) is 15.6 Å². The number of benzene rings is 3. The first-order chi connectivity index (χ1) is 19.9. The molecule has 2 aromatic heterocycles. The first-order valence-corrected chi connectivity index (χ1v) is 13.1. The summed E-state index contributed by atoms with van der Waals surface area (Å²) in [6, 6.07) is 24.0. The molecule has 5 aromatic rings. The molecule has 0 atom stereocenters. The highest BCUT2D eigenvalue weighted by molar-refractivity contribution is 6.00. The van der Waals surface area contributed by atoms with Gasteiger partial charge in [-0.15, -0.1) is 0 Å². The number of halogens is 3. The van der Waals surface area contributed by atoms with Crippen LogP contribution in [0.3, 0.4) is 0 Å². The van der Waals surface area contributed by atoms with Crippen LogP contribution in [0.25, 0.3) is 39.5 Å². The van der Waals surface area contributed by atoms with Crippen molar-refractivity contribution in [1.29, 1.82) is 0 Å². The van der Waals surface area contributed by atoms with Crippen LogP contribution >= 0.6 is 0 Å².